The Morgan fingerprint density at radius 1 is 1.33 bits per heavy atom. The van der Waals surface area contributed by atoms with Crippen molar-refractivity contribution in [3.8, 4) is 0 Å². The number of rotatable bonds is 8. The fraction of sp³-hybridized carbons (Fsp3) is 0.812. The quantitative estimate of drug-likeness (QED) is 0.423. The minimum atomic E-state index is -1.83. The molecule has 0 aromatic rings. The molecular weight excluding hydrogens is 284 g/mol. The minimum Gasteiger partial charge on any atom is -0.469 e. The summed E-state index contributed by atoms with van der Waals surface area (Å²) in [7, 11) is -0.496. The van der Waals surface area contributed by atoms with E-state index < -0.39 is 25.8 Å². The van der Waals surface area contributed by atoms with Crippen molar-refractivity contribution in [1.29, 1.82) is 0 Å². The molecule has 1 N–H and O–H groups in total. The lowest BCUT2D eigenvalue weighted by atomic mass is 9.79. The van der Waals surface area contributed by atoms with Gasteiger partial charge in [-0.1, -0.05) is 26.8 Å². The van der Waals surface area contributed by atoms with E-state index in [9.17, 15) is 9.90 Å². The van der Waals surface area contributed by atoms with Crippen molar-refractivity contribution >= 4 is 14.3 Å². The van der Waals surface area contributed by atoms with Gasteiger partial charge in [0.25, 0.3) is 0 Å². The maximum atomic E-state index is 11.9. The lowest BCUT2D eigenvalue weighted by Crippen LogP contribution is -2.44. The second-order valence-electron chi connectivity index (χ2n) is 7.32. The number of aliphatic hydroxyl groups excluding tert-OH is 1. The average molecular weight is 317 g/mol. The van der Waals surface area contributed by atoms with Gasteiger partial charge in [-0.2, -0.15) is 0 Å². The minimum absolute atomic E-state index is 0.130. The topological polar surface area (TPSA) is 55.8 Å². The Hall–Kier alpha value is -0.653. The van der Waals surface area contributed by atoms with Crippen LogP contribution >= 0.6 is 0 Å². The third-order valence-corrected chi connectivity index (χ3v) is 9.15. The van der Waals surface area contributed by atoms with Crippen LogP contribution in [-0.2, 0) is 14.0 Å². The maximum absolute atomic E-state index is 11.9. The van der Waals surface area contributed by atoms with Crippen molar-refractivity contribution < 1.29 is 19.1 Å². The van der Waals surface area contributed by atoms with Crippen molar-refractivity contribution in [3.05, 3.63) is 12.7 Å². The molecule has 0 spiro atoms. The van der Waals surface area contributed by atoms with Gasteiger partial charge in [-0.05, 0) is 37.9 Å². The number of carbonyl (C=O) groups is 1. The monoisotopic (exact) mass is 316 g/mol. The van der Waals surface area contributed by atoms with Crippen LogP contribution in [-0.4, -0.2) is 39.2 Å². The van der Waals surface area contributed by atoms with Gasteiger partial charge < -0.3 is 14.3 Å². The molecular formula is C16H32O4Si. The van der Waals surface area contributed by atoms with Crippen LogP contribution in [0.2, 0.25) is 18.1 Å². The molecule has 0 aliphatic rings. The summed E-state index contributed by atoms with van der Waals surface area (Å²) in [5, 5.41) is 10.5. The van der Waals surface area contributed by atoms with Gasteiger partial charge >= 0.3 is 5.97 Å². The molecule has 0 saturated heterocycles. The number of aliphatic hydroxyl groups is 1. The number of hydrogen-bond acceptors (Lipinski definition) is 4. The summed E-state index contributed by atoms with van der Waals surface area (Å²) in [6.07, 6.45) is 1.61. The second-order valence-corrected chi connectivity index (χ2v) is 12.1. The highest BCUT2D eigenvalue weighted by atomic mass is 28.4. The van der Waals surface area contributed by atoms with Gasteiger partial charge in [0, 0.05) is 6.61 Å². The summed E-state index contributed by atoms with van der Waals surface area (Å²) in [4.78, 5) is 11.9. The normalized spacial score (nSPS) is 17.0. The first-order valence-electron chi connectivity index (χ1n) is 7.43. The zero-order valence-corrected chi connectivity index (χ0v) is 15.7. The second kappa shape index (κ2) is 7.56. The van der Waals surface area contributed by atoms with E-state index in [-0.39, 0.29) is 5.04 Å². The van der Waals surface area contributed by atoms with Crippen LogP contribution in [0.15, 0.2) is 12.7 Å². The Balaban J connectivity index is 4.70. The van der Waals surface area contributed by atoms with E-state index in [0.717, 1.165) is 0 Å². The van der Waals surface area contributed by atoms with E-state index >= 15 is 0 Å². The number of hydrogen-bond donors (Lipinski definition) is 1. The van der Waals surface area contributed by atoms with Gasteiger partial charge in [-0.15, -0.1) is 6.58 Å². The molecule has 5 heteroatoms. The molecule has 0 fully saturated rings. The highest BCUT2D eigenvalue weighted by Crippen LogP contribution is 2.37. The molecule has 2 atom stereocenters. The van der Waals surface area contributed by atoms with Crippen molar-refractivity contribution in [1.82, 2.24) is 0 Å². The summed E-state index contributed by atoms with van der Waals surface area (Å²) < 4.78 is 10.9. The number of methoxy groups -OCH3 is 1. The van der Waals surface area contributed by atoms with Gasteiger partial charge in [0.2, 0.25) is 0 Å². The van der Waals surface area contributed by atoms with Gasteiger partial charge in [0.15, 0.2) is 8.32 Å². The van der Waals surface area contributed by atoms with Gasteiger partial charge in [-0.3, -0.25) is 4.79 Å². The van der Waals surface area contributed by atoms with Crippen LogP contribution in [0, 0.1) is 5.41 Å². The van der Waals surface area contributed by atoms with E-state index in [4.69, 9.17) is 9.16 Å². The standard InChI is InChI=1S/C16H32O4Si/c1-9-11-16(5,14(18)19-6)13(17)10-12-20-21(7,8)15(2,3)4/h9,13,17H,1,10-12H2,2-8H3/t13-,16-/m0/s1. The average Bonchev–Trinajstić information content (AvgIpc) is 2.36. The summed E-state index contributed by atoms with van der Waals surface area (Å²) in [6, 6.07) is 0. The van der Waals surface area contributed by atoms with Crippen LogP contribution < -0.4 is 0 Å². The molecule has 21 heavy (non-hydrogen) atoms. The number of ether oxygens (including phenoxy) is 1. The number of carbonyl (C=O) groups excluding carboxylic acids is 1. The fourth-order valence-electron chi connectivity index (χ4n) is 1.85. The summed E-state index contributed by atoms with van der Waals surface area (Å²) >= 11 is 0. The fourth-order valence-corrected chi connectivity index (χ4v) is 2.91. The number of allylic oxidation sites excluding steroid dienone is 1. The Labute approximate surface area is 130 Å². The number of esters is 1. The van der Waals surface area contributed by atoms with Gasteiger partial charge in [-0.25, -0.2) is 0 Å². The summed E-state index contributed by atoms with van der Waals surface area (Å²) in [5.41, 5.74) is -0.965. The first-order valence-corrected chi connectivity index (χ1v) is 10.3. The first kappa shape index (κ1) is 20.3. The zero-order chi connectivity index (χ0) is 16.9. The smallest absolute Gasteiger partial charge is 0.314 e. The lowest BCUT2D eigenvalue weighted by Gasteiger charge is -2.37. The van der Waals surface area contributed by atoms with E-state index in [1.165, 1.54) is 7.11 Å². The molecule has 0 heterocycles. The Kier molecular flexibility index (Phi) is 7.33. The zero-order valence-electron chi connectivity index (χ0n) is 14.7. The highest BCUT2D eigenvalue weighted by Gasteiger charge is 2.41. The summed E-state index contributed by atoms with van der Waals surface area (Å²) in [5.74, 6) is -0.415. The largest absolute Gasteiger partial charge is 0.469 e. The van der Waals surface area contributed by atoms with Crippen molar-refractivity contribution in [2.45, 2.75) is 64.8 Å². The highest BCUT2D eigenvalue weighted by molar-refractivity contribution is 6.74. The first-order chi connectivity index (χ1) is 9.42. The van der Waals surface area contributed by atoms with E-state index in [2.05, 4.69) is 40.4 Å². The Bertz CT molecular complexity index is 360. The molecule has 0 radical (unpaired) electrons. The van der Waals surface area contributed by atoms with Crippen molar-refractivity contribution in [3.63, 3.8) is 0 Å². The predicted octanol–water partition coefficient (Wildman–Crippen LogP) is 3.51. The Morgan fingerprint density at radius 3 is 2.24 bits per heavy atom. The molecule has 124 valence electrons. The molecule has 0 amide bonds. The lowest BCUT2D eigenvalue weighted by molar-refractivity contribution is -0.159. The molecule has 0 aliphatic carbocycles. The molecule has 0 aliphatic heterocycles. The van der Waals surface area contributed by atoms with Crippen LogP contribution in [0.5, 0.6) is 0 Å². The molecule has 0 unspecified atom stereocenters. The molecule has 4 nitrogen and oxygen atoms in total. The van der Waals surface area contributed by atoms with Gasteiger partial charge in [0.1, 0.15) is 0 Å². The SMILES string of the molecule is C=CC[C@](C)(C(=O)OC)[C@@H](O)CCO[Si](C)(C)C(C)(C)C. The third kappa shape index (κ3) is 5.24. The molecule has 0 saturated carbocycles. The van der Waals surface area contributed by atoms with Crippen molar-refractivity contribution in [2.75, 3.05) is 13.7 Å². The van der Waals surface area contributed by atoms with Gasteiger partial charge in [0.05, 0.1) is 18.6 Å². The summed E-state index contributed by atoms with van der Waals surface area (Å²) in [6.45, 7) is 16.7. The van der Waals surface area contributed by atoms with Crippen LogP contribution in [0.25, 0.3) is 0 Å². The van der Waals surface area contributed by atoms with E-state index in [1.807, 2.05) is 0 Å². The van der Waals surface area contributed by atoms with Crippen molar-refractivity contribution in [2.24, 2.45) is 5.41 Å². The third-order valence-electron chi connectivity index (χ3n) is 4.62. The van der Waals surface area contributed by atoms with Crippen LogP contribution in [0.1, 0.15) is 40.5 Å². The predicted molar refractivity (Wildman–Crippen MR) is 88.7 cm³/mol. The maximum Gasteiger partial charge on any atom is 0.314 e. The molecule has 0 bridgehead atoms. The Morgan fingerprint density at radius 2 is 1.86 bits per heavy atom. The molecule has 0 rings (SSSR count). The van der Waals surface area contributed by atoms with E-state index in [1.54, 1.807) is 13.0 Å². The van der Waals surface area contributed by atoms with Crippen LogP contribution in [0.3, 0.4) is 0 Å². The molecule has 0 aromatic heterocycles. The van der Waals surface area contributed by atoms with E-state index in [0.29, 0.717) is 19.4 Å². The molecule has 0 aromatic carbocycles. The van der Waals surface area contributed by atoms with Crippen LogP contribution in [0.4, 0.5) is 0 Å².